The van der Waals surface area contributed by atoms with E-state index in [9.17, 15) is 4.79 Å². The molecule has 0 fully saturated rings. The Morgan fingerprint density at radius 3 is 0.919 bits per heavy atom. The molecule has 0 saturated carbocycles. The fourth-order valence-corrected chi connectivity index (χ4v) is 4.85. The van der Waals surface area contributed by atoms with Crippen LogP contribution in [0.25, 0.3) is 0 Å². The number of rotatable bonds is 30. The number of carbonyl (C=O) groups excluding carboxylic acids is 1. The molecule has 0 aromatic rings. The van der Waals surface area contributed by atoms with Gasteiger partial charge in [-0.05, 0) is 90.4 Å². The Balaban J connectivity index is 3.20. The van der Waals surface area contributed by atoms with Gasteiger partial charge in [0.25, 0.3) is 0 Å². The van der Waals surface area contributed by atoms with E-state index in [2.05, 4.69) is 43.4 Å². The first-order valence-electron chi connectivity index (χ1n) is 16.7. The van der Waals surface area contributed by atoms with Crippen LogP contribution >= 0.6 is 0 Å². The normalized spacial score (nSPS) is 12.1. The number of Topliss-reactive ketones (excluding diaryl/α,β-unsaturated/α-hetero) is 1. The Hall–Kier alpha value is -1.11. The van der Waals surface area contributed by atoms with Crippen molar-refractivity contribution in [2.24, 2.45) is 0 Å². The molecule has 0 rings (SSSR count). The SMILES string of the molecule is CCCCCCCCCCCCC/C=C/CCCCC/C=C/CCCCC/C=C/CCCCCC(C)=O. The number of unbranched alkanes of at least 4 members (excludes halogenated alkanes) is 22. The van der Waals surface area contributed by atoms with Gasteiger partial charge in [-0.1, -0.05) is 127 Å². The summed E-state index contributed by atoms with van der Waals surface area (Å²) >= 11 is 0. The molecule has 216 valence electrons. The van der Waals surface area contributed by atoms with Gasteiger partial charge in [0.15, 0.2) is 0 Å². The van der Waals surface area contributed by atoms with Crippen LogP contribution in [-0.4, -0.2) is 5.78 Å². The highest BCUT2D eigenvalue weighted by Crippen LogP contribution is 2.13. The van der Waals surface area contributed by atoms with Gasteiger partial charge in [-0.2, -0.15) is 0 Å². The van der Waals surface area contributed by atoms with Crippen LogP contribution in [0, 0.1) is 0 Å². The van der Waals surface area contributed by atoms with Crippen molar-refractivity contribution in [1.82, 2.24) is 0 Å². The van der Waals surface area contributed by atoms with E-state index in [1.807, 2.05) is 0 Å². The molecule has 0 amide bonds. The van der Waals surface area contributed by atoms with E-state index < -0.39 is 0 Å². The molecule has 0 aromatic carbocycles. The van der Waals surface area contributed by atoms with Crippen molar-refractivity contribution in [2.75, 3.05) is 0 Å². The molecule has 0 spiro atoms. The van der Waals surface area contributed by atoms with Crippen LogP contribution < -0.4 is 0 Å². The van der Waals surface area contributed by atoms with Crippen molar-refractivity contribution in [3.05, 3.63) is 36.5 Å². The lowest BCUT2D eigenvalue weighted by Crippen LogP contribution is -1.88. The van der Waals surface area contributed by atoms with Gasteiger partial charge in [-0.3, -0.25) is 0 Å². The van der Waals surface area contributed by atoms with E-state index in [1.165, 1.54) is 161 Å². The number of hydrogen-bond donors (Lipinski definition) is 0. The molecular weight excluding hydrogens is 448 g/mol. The Bertz CT molecular complexity index is 527. The van der Waals surface area contributed by atoms with Gasteiger partial charge < -0.3 is 4.79 Å². The maximum Gasteiger partial charge on any atom is 0.129 e. The summed E-state index contributed by atoms with van der Waals surface area (Å²) < 4.78 is 0. The summed E-state index contributed by atoms with van der Waals surface area (Å²) in [7, 11) is 0. The molecule has 0 heterocycles. The second-order valence-electron chi connectivity index (χ2n) is 11.3. The average molecular weight is 515 g/mol. The summed E-state index contributed by atoms with van der Waals surface area (Å²) in [6.07, 6.45) is 50.0. The third-order valence-corrected chi connectivity index (χ3v) is 7.36. The third-order valence-electron chi connectivity index (χ3n) is 7.36. The molecule has 0 aliphatic rings. The molecule has 0 aliphatic carbocycles. The van der Waals surface area contributed by atoms with E-state index in [0.29, 0.717) is 5.78 Å². The molecule has 0 atom stereocenters. The fourth-order valence-electron chi connectivity index (χ4n) is 4.85. The molecule has 0 saturated heterocycles. The molecule has 1 heteroatoms. The molecular formula is C36H66O. The largest absolute Gasteiger partial charge is 0.300 e. The Kier molecular flexibility index (Phi) is 31.9. The van der Waals surface area contributed by atoms with E-state index in [-0.39, 0.29) is 0 Å². The summed E-state index contributed by atoms with van der Waals surface area (Å²) in [6, 6.07) is 0. The smallest absolute Gasteiger partial charge is 0.129 e. The van der Waals surface area contributed by atoms with Crippen LogP contribution in [0.1, 0.15) is 187 Å². The van der Waals surface area contributed by atoms with Crippen molar-refractivity contribution in [3.8, 4) is 0 Å². The molecule has 0 radical (unpaired) electrons. The lowest BCUT2D eigenvalue weighted by molar-refractivity contribution is -0.117. The maximum atomic E-state index is 10.9. The third kappa shape index (κ3) is 34.9. The number of hydrogen-bond acceptors (Lipinski definition) is 1. The molecule has 0 bridgehead atoms. The summed E-state index contributed by atoms with van der Waals surface area (Å²) in [5, 5.41) is 0. The van der Waals surface area contributed by atoms with Gasteiger partial charge in [-0.25, -0.2) is 0 Å². The van der Waals surface area contributed by atoms with Crippen LogP contribution in [-0.2, 0) is 4.79 Å². The quantitative estimate of drug-likeness (QED) is 0.0688. The zero-order chi connectivity index (χ0) is 26.9. The molecule has 0 aromatic heterocycles. The van der Waals surface area contributed by atoms with Crippen molar-refractivity contribution in [1.29, 1.82) is 0 Å². The lowest BCUT2D eigenvalue weighted by atomic mass is 10.1. The second-order valence-corrected chi connectivity index (χ2v) is 11.3. The predicted octanol–water partition coefficient (Wildman–Crippen LogP) is 12.8. The van der Waals surface area contributed by atoms with Crippen LogP contribution in [0.2, 0.25) is 0 Å². The first-order valence-corrected chi connectivity index (χ1v) is 16.7. The Morgan fingerprint density at radius 2 is 0.622 bits per heavy atom. The minimum absolute atomic E-state index is 0.327. The summed E-state index contributed by atoms with van der Waals surface area (Å²) in [6.45, 7) is 3.99. The van der Waals surface area contributed by atoms with Gasteiger partial charge in [0.2, 0.25) is 0 Å². The van der Waals surface area contributed by atoms with Crippen LogP contribution in [0.4, 0.5) is 0 Å². The van der Waals surface area contributed by atoms with Crippen molar-refractivity contribution < 1.29 is 4.79 Å². The van der Waals surface area contributed by atoms with Crippen molar-refractivity contribution in [3.63, 3.8) is 0 Å². The molecule has 0 unspecified atom stereocenters. The van der Waals surface area contributed by atoms with Gasteiger partial charge >= 0.3 is 0 Å². The van der Waals surface area contributed by atoms with Crippen LogP contribution in [0.5, 0.6) is 0 Å². The number of carbonyl (C=O) groups is 1. The highest BCUT2D eigenvalue weighted by atomic mass is 16.1. The molecule has 37 heavy (non-hydrogen) atoms. The topological polar surface area (TPSA) is 17.1 Å². The Morgan fingerprint density at radius 1 is 0.378 bits per heavy atom. The predicted molar refractivity (Wildman–Crippen MR) is 168 cm³/mol. The monoisotopic (exact) mass is 515 g/mol. The average Bonchev–Trinajstić information content (AvgIpc) is 2.89. The fraction of sp³-hybridized carbons (Fsp3) is 0.806. The second kappa shape index (κ2) is 32.9. The standard InChI is InChI=1S/C36H66O/c1-3-4-5-6-7-8-9-10-11-12-13-14-15-16-17-18-19-20-21-22-23-24-25-26-27-28-29-30-31-32-33-34-35-36(2)37/h15-16,22-23,29-30H,3-14,17-21,24-28,31-35H2,1-2H3/b16-15+,23-22+,30-29+. The van der Waals surface area contributed by atoms with Crippen LogP contribution in [0.3, 0.4) is 0 Å². The number of ketones is 1. The minimum atomic E-state index is 0.327. The first kappa shape index (κ1) is 35.9. The van der Waals surface area contributed by atoms with Gasteiger partial charge in [0, 0.05) is 6.42 Å². The van der Waals surface area contributed by atoms with Crippen molar-refractivity contribution in [2.45, 2.75) is 187 Å². The minimum Gasteiger partial charge on any atom is -0.300 e. The van der Waals surface area contributed by atoms with Crippen molar-refractivity contribution >= 4 is 5.78 Å². The van der Waals surface area contributed by atoms with Gasteiger partial charge in [0.1, 0.15) is 5.78 Å². The molecule has 1 nitrogen and oxygen atoms in total. The molecule has 0 aliphatic heterocycles. The van der Waals surface area contributed by atoms with E-state index in [1.54, 1.807) is 6.92 Å². The van der Waals surface area contributed by atoms with E-state index in [4.69, 9.17) is 0 Å². The number of allylic oxidation sites excluding steroid dienone is 6. The maximum absolute atomic E-state index is 10.9. The molecule has 0 N–H and O–H groups in total. The highest BCUT2D eigenvalue weighted by molar-refractivity contribution is 5.75. The van der Waals surface area contributed by atoms with Gasteiger partial charge in [0.05, 0.1) is 0 Å². The summed E-state index contributed by atoms with van der Waals surface area (Å²) in [4.78, 5) is 10.9. The van der Waals surface area contributed by atoms with E-state index in [0.717, 1.165) is 12.8 Å². The summed E-state index contributed by atoms with van der Waals surface area (Å²) in [5.74, 6) is 0.327. The van der Waals surface area contributed by atoms with Gasteiger partial charge in [-0.15, -0.1) is 0 Å². The zero-order valence-electron chi connectivity index (χ0n) is 25.5. The lowest BCUT2D eigenvalue weighted by Gasteiger charge is -2.01. The van der Waals surface area contributed by atoms with E-state index >= 15 is 0 Å². The Labute approximate surface area is 234 Å². The summed E-state index contributed by atoms with van der Waals surface area (Å²) in [5.41, 5.74) is 0. The first-order chi connectivity index (χ1) is 18.3. The van der Waals surface area contributed by atoms with Crippen LogP contribution in [0.15, 0.2) is 36.5 Å². The zero-order valence-corrected chi connectivity index (χ0v) is 25.5. The highest BCUT2D eigenvalue weighted by Gasteiger charge is 1.94.